The Morgan fingerprint density at radius 3 is 2.84 bits per heavy atom. The zero-order valence-corrected chi connectivity index (χ0v) is 11.4. The average molecular weight is 255 g/mol. The summed E-state index contributed by atoms with van der Waals surface area (Å²) in [7, 11) is 2.02. The van der Waals surface area contributed by atoms with Gasteiger partial charge >= 0.3 is 0 Å². The molecule has 0 aliphatic heterocycles. The van der Waals surface area contributed by atoms with Crippen LogP contribution in [-0.4, -0.2) is 19.7 Å². The number of hydrogen-bond acceptors (Lipinski definition) is 2. The molecule has 1 aliphatic rings. The lowest BCUT2D eigenvalue weighted by Gasteiger charge is -2.22. The van der Waals surface area contributed by atoms with E-state index in [1.807, 2.05) is 7.05 Å². The van der Waals surface area contributed by atoms with Crippen molar-refractivity contribution in [2.24, 2.45) is 5.92 Å². The van der Waals surface area contributed by atoms with E-state index in [2.05, 4.69) is 47.8 Å². The Balaban J connectivity index is 1.85. The second kappa shape index (κ2) is 5.62. The molecule has 0 amide bonds. The molecule has 0 spiro atoms. The van der Waals surface area contributed by atoms with Crippen molar-refractivity contribution >= 4 is 10.8 Å². The maximum Gasteiger partial charge on any atom is 0.127 e. The van der Waals surface area contributed by atoms with E-state index in [4.69, 9.17) is 4.74 Å². The second-order valence-electron chi connectivity index (χ2n) is 5.38. The van der Waals surface area contributed by atoms with Crippen LogP contribution in [0.3, 0.4) is 0 Å². The van der Waals surface area contributed by atoms with E-state index in [1.54, 1.807) is 0 Å². The quantitative estimate of drug-likeness (QED) is 0.901. The molecule has 0 heterocycles. The molecule has 0 saturated heterocycles. The Kier molecular flexibility index (Phi) is 3.69. The summed E-state index contributed by atoms with van der Waals surface area (Å²) in [6.45, 7) is 1.05. The van der Waals surface area contributed by atoms with E-state index in [0.717, 1.165) is 12.3 Å². The van der Waals surface area contributed by atoms with Crippen LogP contribution in [0.15, 0.2) is 42.5 Å². The number of fused-ring (bicyclic) bond motifs is 1. The molecule has 2 aromatic rings. The summed E-state index contributed by atoms with van der Waals surface area (Å²) in [5, 5.41) is 5.76. The lowest BCUT2D eigenvalue weighted by molar-refractivity contribution is 0.160. The fraction of sp³-hybridized carbons (Fsp3) is 0.412. The summed E-state index contributed by atoms with van der Waals surface area (Å²) >= 11 is 0. The van der Waals surface area contributed by atoms with Gasteiger partial charge in [-0.15, -0.1) is 0 Å². The van der Waals surface area contributed by atoms with Crippen LogP contribution in [0.2, 0.25) is 0 Å². The third-order valence-corrected chi connectivity index (χ3v) is 4.08. The standard InChI is InChI=1S/C17H21NO/c1-18-12-14-8-5-10-16(14)19-17-11-4-7-13-6-2-3-9-15(13)17/h2-4,6-7,9,11,14,16,18H,5,8,10,12H2,1H3. The first-order valence-electron chi connectivity index (χ1n) is 7.17. The third-order valence-electron chi connectivity index (χ3n) is 4.08. The molecule has 100 valence electrons. The van der Waals surface area contributed by atoms with Crippen LogP contribution < -0.4 is 10.1 Å². The Morgan fingerprint density at radius 1 is 1.11 bits per heavy atom. The molecule has 1 aliphatic carbocycles. The van der Waals surface area contributed by atoms with Gasteiger partial charge in [0.25, 0.3) is 0 Å². The molecule has 0 aromatic heterocycles. The van der Waals surface area contributed by atoms with Gasteiger partial charge in [-0.3, -0.25) is 0 Å². The van der Waals surface area contributed by atoms with E-state index in [0.29, 0.717) is 12.0 Å². The van der Waals surface area contributed by atoms with Crippen molar-refractivity contribution in [3.05, 3.63) is 42.5 Å². The first-order chi connectivity index (χ1) is 9.38. The smallest absolute Gasteiger partial charge is 0.127 e. The highest BCUT2D eigenvalue weighted by Gasteiger charge is 2.28. The lowest BCUT2D eigenvalue weighted by Crippen LogP contribution is -2.29. The summed E-state index contributed by atoms with van der Waals surface area (Å²) in [5.41, 5.74) is 0. The highest BCUT2D eigenvalue weighted by Crippen LogP contribution is 2.32. The summed E-state index contributed by atoms with van der Waals surface area (Å²) in [4.78, 5) is 0. The van der Waals surface area contributed by atoms with Gasteiger partial charge in [-0.2, -0.15) is 0 Å². The molecule has 1 N–H and O–H groups in total. The van der Waals surface area contributed by atoms with E-state index < -0.39 is 0 Å². The summed E-state index contributed by atoms with van der Waals surface area (Å²) in [5.74, 6) is 1.68. The van der Waals surface area contributed by atoms with Gasteiger partial charge in [0.1, 0.15) is 11.9 Å². The molecule has 0 bridgehead atoms. The minimum absolute atomic E-state index is 0.359. The summed E-state index contributed by atoms with van der Waals surface area (Å²) < 4.78 is 6.31. The van der Waals surface area contributed by atoms with Crippen LogP contribution in [-0.2, 0) is 0 Å². The van der Waals surface area contributed by atoms with E-state index in [-0.39, 0.29) is 0 Å². The summed E-state index contributed by atoms with van der Waals surface area (Å²) in [6, 6.07) is 14.8. The first kappa shape index (κ1) is 12.5. The minimum Gasteiger partial charge on any atom is -0.489 e. The zero-order valence-electron chi connectivity index (χ0n) is 11.4. The van der Waals surface area contributed by atoms with Crippen LogP contribution in [0.25, 0.3) is 10.8 Å². The molecular formula is C17H21NO. The van der Waals surface area contributed by atoms with Gasteiger partial charge in [0, 0.05) is 17.8 Å². The van der Waals surface area contributed by atoms with Crippen molar-refractivity contribution in [2.75, 3.05) is 13.6 Å². The van der Waals surface area contributed by atoms with Crippen LogP contribution >= 0.6 is 0 Å². The third kappa shape index (κ3) is 2.59. The monoisotopic (exact) mass is 255 g/mol. The predicted molar refractivity (Wildman–Crippen MR) is 79.6 cm³/mol. The van der Waals surface area contributed by atoms with Gasteiger partial charge in [0.05, 0.1) is 0 Å². The van der Waals surface area contributed by atoms with Crippen LogP contribution in [0.5, 0.6) is 5.75 Å². The lowest BCUT2D eigenvalue weighted by atomic mass is 10.1. The molecule has 2 nitrogen and oxygen atoms in total. The molecule has 2 unspecified atom stereocenters. The molecule has 2 atom stereocenters. The molecule has 2 heteroatoms. The van der Waals surface area contributed by atoms with Gasteiger partial charge in [-0.25, -0.2) is 0 Å². The van der Waals surface area contributed by atoms with E-state index >= 15 is 0 Å². The Labute approximate surface area is 114 Å². The molecule has 19 heavy (non-hydrogen) atoms. The second-order valence-corrected chi connectivity index (χ2v) is 5.38. The fourth-order valence-electron chi connectivity index (χ4n) is 3.12. The number of ether oxygens (including phenoxy) is 1. The van der Waals surface area contributed by atoms with Crippen LogP contribution in [0.4, 0.5) is 0 Å². The number of rotatable bonds is 4. The number of nitrogens with one attached hydrogen (secondary N) is 1. The van der Waals surface area contributed by atoms with Crippen molar-refractivity contribution in [3.63, 3.8) is 0 Å². The molecule has 3 rings (SSSR count). The van der Waals surface area contributed by atoms with E-state index in [9.17, 15) is 0 Å². The van der Waals surface area contributed by atoms with Crippen molar-refractivity contribution in [1.29, 1.82) is 0 Å². The average Bonchev–Trinajstić information content (AvgIpc) is 2.87. The normalized spacial score (nSPS) is 22.8. The Hall–Kier alpha value is -1.54. The highest BCUT2D eigenvalue weighted by molar-refractivity contribution is 5.88. The largest absolute Gasteiger partial charge is 0.489 e. The SMILES string of the molecule is CNCC1CCCC1Oc1cccc2ccccc12. The number of benzene rings is 2. The maximum atomic E-state index is 6.31. The molecule has 2 aromatic carbocycles. The highest BCUT2D eigenvalue weighted by atomic mass is 16.5. The maximum absolute atomic E-state index is 6.31. The number of hydrogen-bond donors (Lipinski definition) is 1. The van der Waals surface area contributed by atoms with Crippen molar-refractivity contribution < 1.29 is 4.74 Å². The Morgan fingerprint density at radius 2 is 1.95 bits per heavy atom. The van der Waals surface area contributed by atoms with Crippen LogP contribution in [0.1, 0.15) is 19.3 Å². The van der Waals surface area contributed by atoms with Gasteiger partial charge in [0.2, 0.25) is 0 Å². The molecule has 1 saturated carbocycles. The zero-order chi connectivity index (χ0) is 13.1. The van der Waals surface area contributed by atoms with Gasteiger partial charge in [-0.1, -0.05) is 36.4 Å². The minimum atomic E-state index is 0.359. The van der Waals surface area contributed by atoms with Crippen molar-refractivity contribution in [2.45, 2.75) is 25.4 Å². The topological polar surface area (TPSA) is 21.3 Å². The first-order valence-corrected chi connectivity index (χ1v) is 7.17. The van der Waals surface area contributed by atoms with Gasteiger partial charge in [0.15, 0.2) is 0 Å². The van der Waals surface area contributed by atoms with Crippen molar-refractivity contribution in [3.8, 4) is 5.75 Å². The predicted octanol–water partition coefficient (Wildman–Crippen LogP) is 3.61. The van der Waals surface area contributed by atoms with Crippen molar-refractivity contribution in [1.82, 2.24) is 5.32 Å². The Bertz CT molecular complexity index is 546. The van der Waals surface area contributed by atoms with Gasteiger partial charge < -0.3 is 10.1 Å². The van der Waals surface area contributed by atoms with Crippen LogP contribution in [0, 0.1) is 5.92 Å². The van der Waals surface area contributed by atoms with Gasteiger partial charge in [-0.05, 0) is 37.8 Å². The molecule has 0 radical (unpaired) electrons. The van der Waals surface area contributed by atoms with E-state index in [1.165, 1.54) is 30.0 Å². The molecule has 1 fully saturated rings. The fourth-order valence-corrected chi connectivity index (χ4v) is 3.12. The summed E-state index contributed by atoms with van der Waals surface area (Å²) in [6.07, 6.45) is 4.09. The molecular weight excluding hydrogens is 234 g/mol.